The molecule has 3 rings (SSSR count). The zero-order chi connectivity index (χ0) is 13.2. The van der Waals surface area contributed by atoms with Gasteiger partial charge in [0.15, 0.2) is 5.58 Å². The normalized spacial score (nSPS) is 10.9. The largest absolute Gasteiger partial charge is 0.419 e. The molecule has 2 N–H and O–H groups in total. The number of aryl methyl sites for hydroxylation is 2. The molecule has 5 nitrogen and oxygen atoms in total. The lowest BCUT2D eigenvalue weighted by Crippen LogP contribution is -2.15. The van der Waals surface area contributed by atoms with Crippen LogP contribution in [-0.2, 0) is 13.0 Å². The minimum atomic E-state index is -0.352. The number of oxazole rings is 1. The molecular weight excluding hydrogens is 242 g/mol. The first kappa shape index (κ1) is 11.5. The summed E-state index contributed by atoms with van der Waals surface area (Å²) in [4.78, 5) is 15.8. The molecule has 1 aromatic carbocycles. The van der Waals surface area contributed by atoms with Gasteiger partial charge in [0.1, 0.15) is 0 Å². The van der Waals surface area contributed by atoms with Crippen LogP contribution in [0.25, 0.3) is 11.1 Å². The first-order valence-corrected chi connectivity index (χ1v) is 6.02. The van der Waals surface area contributed by atoms with E-state index in [9.17, 15) is 4.79 Å². The van der Waals surface area contributed by atoms with E-state index in [1.54, 1.807) is 35.2 Å². The fourth-order valence-electron chi connectivity index (χ4n) is 2.08. The van der Waals surface area contributed by atoms with E-state index in [-0.39, 0.29) is 5.76 Å². The smallest absolute Gasteiger partial charge is 0.408 e. The van der Waals surface area contributed by atoms with Gasteiger partial charge in [0, 0.05) is 24.6 Å². The highest BCUT2D eigenvalue weighted by Crippen LogP contribution is 2.16. The van der Waals surface area contributed by atoms with Gasteiger partial charge in [-0.3, -0.25) is 9.55 Å². The molecule has 96 valence electrons. The zero-order valence-electron chi connectivity index (χ0n) is 10.2. The number of nitrogen functional groups attached to an aromatic ring is 1. The van der Waals surface area contributed by atoms with Gasteiger partial charge in [0.05, 0.1) is 5.52 Å². The first-order chi connectivity index (χ1) is 9.24. The SMILES string of the molecule is Nc1ccc2oc(=O)n(CCc3ccncc3)c2c1. The standard InChI is InChI=1S/C14H13N3O2/c15-11-1-2-13-12(9-11)17(14(18)19-13)8-5-10-3-6-16-7-4-10/h1-4,6-7,9H,5,8,15H2. The zero-order valence-corrected chi connectivity index (χ0v) is 10.2. The lowest BCUT2D eigenvalue weighted by Gasteiger charge is -2.02. The molecule has 0 amide bonds. The second-order valence-electron chi connectivity index (χ2n) is 4.35. The second-order valence-corrected chi connectivity index (χ2v) is 4.35. The van der Waals surface area contributed by atoms with Crippen molar-refractivity contribution >= 4 is 16.8 Å². The summed E-state index contributed by atoms with van der Waals surface area (Å²) in [5.74, 6) is -0.352. The van der Waals surface area contributed by atoms with Crippen molar-refractivity contribution in [1.29, 1.82) is 0 Å². The van der Waals surface area contributed by atoms with E-state index in [2.05, 4.69) is 4.98 Å². The third-order valence-electron chi connectivity index (χ3n) is 3.06. The Balaban J connectivity index is 1.94. The van der Waals surface area contributed by atoms with E-state index < -0.39 is 0 Å². The minimum absolute atomic E-state index is 0.352. The maximum atomic E-state index is 11.8. The van der Waals surface area contributed by atoms with Gasteiger partial charge < -0.3 is 10.2 Å². The predicted octanol–water partition coefficient (Wildman–Crippen LogP) is 1.81. The van der Waals surface area contributed by atoms with Crippen molar-refractivity contribution in [3.8, 4) is 0 Å². The van der Waals surface area contributed by atoms with Crippen LogP contribution in [0.3, 0.4) is 0 Å². The van der Waals surface area contributed by atoms with Crippen LogP contribution < -0.4 is 11.5 Å². The van der Waals surface area contributed by atoms with Crippen LogP contribution in [0.1, 0.15) is 5.56 Å². The van der Waals surface area contributed by atoms with Crippen LogP contribution >= 0.6 is 0 Å². The van der Waals surface area contributed by atoms with Crippen molar-refractivity contribution in [2.45, 2.75) is 13.0 Å². The van der Waals surface area contributed by atoms with Gasteiger partial charge in [-0.05, 0) is 42.3 Å². The van der Waals surface area contributed by atoms with Crippen molar-refractivity contribution in [2.24, 2.45) is 0 Å². The Bertz CT molecular complexity index is 759. The number of rotatable bonds is 3. The summed E-state index contributed by atoms with van der Waals surface area (Å²) in [5.41, 5.74) is 8.78. The topological polar surface area (TPSA) is 74.0 Å². The molecule has 0 saturated heterocycles. The van der Waals surface area contributed by atoms with Gasteiger partial charge in [-0.25, -0.2) is 4.79 Å². The summed E-state index contributed by atoms with van der Waals surface area (Å²) in [6.45, 7) is 0.555. The van der Waals surface area contributed by atoms with E-state index in [4.69, 9.17) is 10.2 Å². The Morgan fingerprint density at radius 2 is 2.00 bits per heavy atom. The third-order valence-corrected chi connectivity index (χ3v) is 3.06. The molecule has 0 aliphatic heterocycles. The molecule has 19 heavy (non-hydrogen) atoms. The van der Waals surface area contributed by atoms with E-state index in [0.717, 1.165) is 17.5 Å². The highest BCUT2D eigenvalue weighted by atomic mass is 16.4. The van der Waals surface area contributed by atoms with Gasteiger partial charge in [-0.15, -0.1) is 0 Å². The van der Waals surface area contributed by atoms with Crippen LogP contribution in [0.5, 0.6) is 0 Å². The number of fused-ring (bicyclic) bond motifs is 1. The molecule has 0 unspecified atom stereocenters. The average molecular weight is 255 g/mol. The maximum absolute atomic E-state index is 11.8. The molecule has 0 spiro atoms. The van der Waals surface area contributed by atoms with Crippen LogP contribution in [0.15, 0.2) is 51.9 Å². The first-order valence-electron chi connectivity index (χ1n) is 6.02. The lowest BCUT2D eigenvalue weighted by molar-refractivity contribution is 0.505. The molecule has 0 saturated carbocycles. The second kappa shape index (κ2) is 4.61. The molecule has 2 heterocycles. The Kier molecular flexibility index (Phi) is 2.79. The molecule has 3 aromatic rings. The number of benzene rings is 1. The van der Waals surface area contributed by atoms with E-state index in [1.165, 1.54) is 0 Å². The fraction of sp³-hybridized carbons (Fsp3) is 0.143. The van der Waals surface area contributed by atoms with Crippen molar-refractivity contribution in [1.82, 2.24) is 9.55 Å². The molecule has 0 atom stereocenters. The third kappa shape index (κ3) is 2.22. The van der Waals surface area contributed by atoms with Crippen molar-refractivity contribution in [3.63, 3.8) is 0 Å². The van der Waals surface area contributed by atoms with E-state index >= 15 is 0 Å². The number of nitrogens with zero attached hydrogens (tertiary/aromatic N) is 2. The molecule has 0 aliphatic carbocycles. The molecule has 5 heteroatoms. The molecule has 0 fully saturated rings. The monoisotopic (exact) mass is 255 g/mol. The Morgan fingerprint density at radius 3 is 2.79 bits per heavy atom. The predicted molar refractivity (Wildman–Crippen MR) is 72.8 cm³/mol. The molecular formula is C14H13N3O2. The van der Waals surface area contributed by atoms with Crippen LogP contribution in [0.2, 0.25) is 0 Å². The highest BCUT2D eigenvalue weighted by molar-refractivity contribution is 5.76. The van der Waals surface area contributed by atoms with Crippen molar-refractivity contribution in [2.75, 3.05) is 5.73 Å². The van der Waals surface area contributed by atoms with Gasteiger partial charge in [-0.1, -0.05) is 0 Å². The summed E-state index contributed by atoms with van der Waals surface area (Å²) < 4.78 is 6.79. The number of aromatic nitrogens is 2. The molecule has 0 bridgehead atoms. The number of anilines is 1. The number of pyridine rings is 1. The maximum Gasteiger partial charge on any atom is 0.419 e. The van der Waals surface area contributed by atoms with Crippen molar-refractivity contribution in [3.05, 3.63) is 58.8 Å². The highest BCUT2D eigenvalue weighted by Gasteiger charge is 2.09. The van der Waals surface area contributed by atoms with Crippen LogP contribution in [0, 0.1) is 0 Å². The average Bonchev–Trinajstić information content (AvgIpc) is 2.73. The van der Waals surface area contributed by atoms with Crippen LogP contribution in [-0.4, -0.2) is 9.55 Å². The molecule has 0 radical (unpaired) electrons. The van der Waals surface area contributed by atoms with Gasteiger partial charge in [-0.2, -0.15) is 0 Å². The Labute approximate surface area is 109 Å². The van der Waals surface area contributed by atoms with E-state index in [0.29, 0.717) is 17.8 Å². The minimum Gasteiger partial charge on any atom is -0.408 e. The van der Waals surface area contributed by atoms with E-state index in [1.807, 2.05) is 12.1 Å². The summed E-state index contributed by atoms with van der Waals surface area (Å²) >= 11 is 0. The lowest BCUT2D eigenvalue weighted by atomic mass is 10.2. The molecule has 0 aliphatic rings. The number of hydrogen-bond donors (Lipinski definition) is 1. The number of nitrogens with two attached hydrogens (primary N) is 1. The summed E-state index contributed by atoms with van der Waals surface area (Å²) in [7, 11) is 0. The number of hydrogen-bond acceptors (Lipinski definition) is 4. The Morgan fingerprint density at radius 1 is 1.21 bits per heavy atom. The van der Waals surface area contributed by atoms with Gasteiger partial charge in [0.2, 0.25) is 0 Å². The van der Waals surface area contributed by atoms with Crippen molar-refractivity contribution < 1.29 is 4.42 Å². The van der Waals surface area contributed by atoms with Gasteiger partial charge in [0.25, 0.3) is 0 Å². The fourth-order valence-corrected chi connectivity index (χ4v) is 2.08. The van der Waals surface area contributed by atoms with Gasteiger partial charge >= 0.3 is 5.76 Å². The summed E-state index contributed by atoms with van der Waals surface area (Å²) in [6, 6.07) is 9.06. The molecule has 2 aromatic heterocycles. The summed E-state index contributed by atoms with van der Waals surface area (Å²) in [6.07, 6.45) is 4.22. The Hall–Kier alpha value is -2.56. The summed E-state index contributed by atoms with van der Waals surface area (Å²) in [5, 5.41) is 0. The quantitative estimate of drug-likeness (QED) is 0.724. The van der Waals surface area contributed by atoms with Crippen LogP contribution in [0.4, 0.5) is 5.69 Å².